The SMILES string of the molecule is CCNCc1cnn(C)c1C.Cl. The zero-order valence-electron chi connectivity index (χ0n) is 7.79. The Labute approximate surface area is 79.6 Å². The van der Waals surface area contributed by atoms with Gasteiger partial charge in [-0.25, -0.2) is 0 Å². The van der Waals surface area contributed by atoms with Crippen molar-refractivity contribution in [2.75, 3.05) is 6.54 Å². The van der Waals surface area contributed by atoms with Crippen LogP contribution < -0.4 is 5.32 Å². The van der Waals surface area contributed by atoms with Crippen LogP contribution in [0.5, 0.6) is 0 Å². The molecule has 0 aliphatic heterocycles. The first-order valence-electron chi connectivity index (χ1n) is 3.94. The maximum absolute atomic E-state index is 4.15. The fraction of sp³-hybridized carbons (Fsp3) is 0.625. The number of nitrogens with one attached hydrogen (secondary N) is 1. The Morgan fingerprint density at radius 2 is 2.25 bits per heavy atom. The molecule has 12 heavy (non-hydrogen) atoms. The summed E-state index contributed by atoms with van der Waals surface area (Å²) in [5, 5.41) is 7.41. The predicted octanol–water partition coefficient (Wildman–Crippen LogP) is 1.26. The number of aryl methyl sites for hydroxylation is 1. The molecule has 4 heteroatoms. The van der Waals surface area contributed by atoms with Crippen LogP contribution in [0.25, 0.3) is 0 Å². The van der Waals surface area contributed by atoms with E-state index in [1.807, 2.05) is 17.9 Å². The van der Waals surface area contributed by atoms with E-state index in [-0.39, 0.29) is 12.4 Å². The van der Waals surface area contributed by atoms with Crippen molar-refractivity contribution in [3.63, 3.8) is 0 Å². The molecule has 70 valence electrons. The Morgan fingerprint density at radius 3 is 2.67 bits per heavy atom. The molecule has 1 heterocycles. The third-order valence-electron chi connectivity index (χ3n) is 1.90. The maximum atomic E-state index is 4.15. The van der Waals surface area contributed by atoms with Crippen LogP contribution in [-0.2, 0) is 13.6 Å². The predicted molar refractivity (Wildman–Crippen MR) is 52.6 cm³/mol. The van der Waals surface area contributed by atoms with E-state index in [0.29, 0.717) is 0 Å². The van der Waals surface area contributed by atoms with Gasteiger partial charge in [0.2, 0.25) is 0 Å². The van der Waals surface area contributed by atoms with Crippen LogP contribution >= 0.6 is 12.4 Å². The van der Waals surface area contributed by atoms with Crippen molar-refractivity contribution < 1.29 is 0 Å². The molecule has 0 fully saturated rings. The van der Waals surface area contributed by atoms with E-state index < -0.39 is 0 Å². The molecule has 0 spiro atoms. The van der Waals surface area contributed by atoms with Crippen molar-refractivity contribution in [3.05, 3.63) is 17.5 Å². The minimum absolute atomic E-state index is 0. The molecular weight excluding hydrogens is 174 g/mol. The van der Waals surface area contributed by atoms with Crippen molar-refractivity contribution in [1.29, 1.82) is 0 Å². The first-order valence-corrected chi connectivity index (χ1v) is 3.94. The van der Waals surface area contributed by atoms with Crippen LogP contribution in [0, 0.1) is 6.92 Å². The molecule has 0 saturated heterocycles. The first kappa shape index (κ1) is 11.5. The highest BCUT2D eigenvalue weighted by Gasteiger charge is 2.00. The van der Waals surface area contributed by atoms with E-state index in [1.165, 1.54) is 11.3 Å². The molecule has 0 atom stereocenters. The zero-order chi connectivity index (χ0) is 8.27. The van der Waals surface area contributed by atoms with Crippen molar-refractivity contribution in [1.82, 2.24) is 15.1 Å². The fourth-order valence-corrected chi connectivity index (χ4v) is 0.977. The molecule has 0 aliphatic carbocycles. The van der Waals surface area contributed by atoms with E-state index in [1.54, 1.807) is 0 Å². The average Bonchev–Trinajstić information content (AvgIpc) is 2.31. The molecule has 1 aromatic rings. The Morgan fingerprint density at radius 1 is 1.58 bits per heavy atom. The Kier molecular flexibility index (Phi) is 4.93. The Balaban J connectivity index is 0.00000121. The third-order valence-corrected chi connectivity index (χ3v) is 1.90. The third kappa shape index (κ3) is 2.50. The van der Waals surface area contributed by atoms with Gasteiger partial charge in [-0.3, -0.25) is 4.68 Å². The molecule has 1 rings (SSSR count). The Bertz CT molecular complexity index is 232. The molecule has 0 aliphatic rings. The Hall–Kier alpha value is -0.540. The van der Waals surface area contributed by atoms with E-state index in [0.717, 1.165) is 13.1 Å². The van der Waals surface area contributed by atoms with Gasteiger partial charge < -0.3 is 5.32 Å². The van der Waals surface area contributed by atoms with Crippen molar-refractivity contribution in [2.45, 2.75) is 20.4 Å². The van der Waals surface area contributed by atoms with Crippen LogP contribution in [-0.4, -0.2) is 16.3 Å². The van der Waals surface area contributed by atoms with Gasteiger partial charge in [0, 0.05) is 24.8 Å². The number of halogens is 1. The molecule has 0 unspecified atom stereocenters. The summed E-state index contributed by atoms with van der Waals surface area (Å²) >= 11 is 0. The summed E-state index contributed by atoms with van der Waals surface area (Å²) in [5.41, 5.74) is 2.53. The van der Waals surface area contributed by atoms with Gasteiger partial charge in [0.15, 0.2) is 0 Å². The summed E-state index contributed by atoms with van der Waals surface area (Å²) in [6, 6.07) is 0. The summed E-state index contributed by atoms with van der Waals surface area (Å²) in [6.07, 6.45) is 1.91. The van der Waals surface area contributed by atoms with Gasteiger partial charge in [-0.15, -0.1) is 12.4 Å². The molecular formula is C8H16ClN3. The maximum Gasteiger partial charge on any atom is 0.0537 e. The largest absolute Gasteiger partial charge is 0.313 e. The number of nitrogens with zero attached hydrogens (tertiary/aromatic N) is 2. The quantitative estimate of drug-likeness (QED) is 0.776. The van der Waals surface area contributed by atoms with E-state index >= 15 is 0 Å². The summed E-state index contributed by atoms with van der Waals surface area (Å²) in [6.45, 7) is 6.12. The second-order valence-electron chi connectivity index (χ2n) is 2.66. The van der Waals surface area contributed by atoms with Crippen LogP contribution in [0.3, 0.4) is 0 Å². The number of hydrogen-bond donors (Lipinski definition) is 1. The van der Waals surface area contributed by atoms with Gasteiger partial charge in [0.25, 0.3) is 0 Å². The highest BCUT2D eigenvalue weighted by molar-refractivity contribution is 5.85. The summed E-state index contributed by atoms with van der Waals surface area (Å²) in [4.78, 5) is 0. The lowest BCUT2D eigenvalue weighted by molar-refractivity contribution is 0.710. The summed E-state index contributed by atoms with van der Waals surface area (Å²) < 4.78 is 1.90. The highest BCUT2D eigenvalue weighted by Crippen LogP contribution is 2.03. The van der Waals surface area contributed by atoms with Gasteiger partial charge in [-0.1, -0.05) is 6.92 Å². The monoisotopic (exact) mass is 189 g/mol. The van der Waals surface area contributed by atoms with E-state index in [4.69, 9.17) is 0 Å². The number of hydrogen-bond acceptors (Lipinski definition) is 2. The molecule has 0 radical (unpaired) electrons. The van der Waals surface area contributed by atoms with Gasteiger partial charge in [0.05, 0.1) is 6.20 Å². The molecule has 1 aromatic heterocycles. The lowest BCUT2D eigenvalue weighted by Gasteiger charge is -1.99. The van der Waals surface area contributed by atoms with Crippen molar-refractivity contribution in [3.8, 4) is 0 Å². The van der Waals surface area contributed by atoms with Gasteiger partial charge in [-0.2, -0.15) is 5.10 Å². The van der Waals surface area contributed by atoms with Crippen LogP contribution in [0.2, 0.25) is 0 Å². The molecule has 3 nitrogen and oxygen atoms in total. The van der Waals surface area contributed by atoms with Gasteiger partial charge in [-0.05, 0) is 13.5 Å². The lowest BCUT2D eigenvalue weighted by atomic mass is 10.2. The zero-order valence-corrected chi connectivity index (χ0v) is 8.61. The lowest BCUT2D eigenvalue weighted by Crippen LogP contribution is -2.12. The van der Waals surface area contributed by atoms with E-state index in [9.17, 15) is 0 Å². The van der Waals surface area contributed by atoms with Crippen molar-refractivity contribution in [2.24, 2.45) is 7.05 Å². The smallest absolute Gasteiger partial charge is 0.0537 e. The second-order valence-corrected chi connectivity index (χ2v) is 2.66. The first-order chi connectivity index (χ1) is 5.25. The average molecular weight is 190 g/mol. The second kappa shape index (κ2) is 5.17. The molecule has 0 saturated carbocycles. The van der Waals surface area contributed by atoms with Crippen molar-refractivity contribution >= 4 is 12.4 Å². The fourth-order valence-electron chi connectivity index (χ4n) is 0.977. The molecule has 1 N–H and O–H groups in total. The summed E-state index contributed by atoms with van der Waals surface area (Å²) in [7, 11) is 1.96. The summed E-state index contributed by atoms with van der Waals surface area (Å²) in [5.74, 6) is 0. The van der Waals surface area contributed by atoms with E-state index in [2.05, 4.69) is 24.3 Å². The molecule has 0 aromatic carbocycles. The van der Waals surface area contributed by atoms with Gasteiger partial charge >= 0.3 is 0 Å². The van der Waals surface area contributed by atoms with Crippen LogP contribution in [0.15, 0.2) is 6.20 Å². The minimum Gasteiger partial charge on any atom is -0.313 e. The number of aromatic nitrogens is 2. The topological polar surface area (TPSA) is 29.9 Å². The van der Waals surface area contributed by atoms with Crippen LogP contribution in [0.4, 0.5) is 0 Å². The molecule has 0 amide bonds. The standard InChI is InChI=1S/C8H15N3.ClH/c1-4-9-5-8-6-10-11(3)7(8)2;/h6,9H,4-5H2,1-3H3;1H. The minimum atomic E-state index is 0. The normalized spacial score (nSPS) is 9.58. The van der Waals surface area contributed by atoms with Gasteiger partial charge in [0.1, 0.15) is 0 Å². The highest BCUT2D eigenvalue weighted by atomic mass is 35.5. The number of rotatable bonds is 3. The molecule has 0 bridgehead atoms. The van der Waals surface area contributed by atoms with Crippen LogP contribution in [0.1, 0.15) is 18.2 Å².